The summed E-state index contributed by atoms with van der Waals surface area (Å²) < 4.78 is 0. The minimum atomic E-state index is -0.0775. The Morgan fingerprint density at radius 2 is 2.00 bits per heavy atom. The highest BCUT2D eigenvalue weighted by molar-refractivity contribution is 6.31. The molecule has 0 saturated carbocycles. The average molecular weight is 299 g/mol. The van der Waals surface area contributed by atoms with Crippen molar-refractivity contribution in [3.8, 4) is 0 Å². The van der Waals surface area contributed by atoms with Gasteiger partial charge < -0.3 is 0 Å². The van der Waals surface area contributed by atoms with E-state index in [1.807, 2.05) is 36.5 Å². The number of nitrogens with one attached hydrogen (secondary N) is 1. The third-order valence-electron chi connectivity index (χ3n) is 3.54. The molecule has 1 aromatic carbocycles. The minimum absolute atomic E-state index is 0.0775. The van der Waals surface area contributed by atoms with Gasteiger partial charge in [0.15, 0.2) is 0 Å². The molecule has 0 amide bonds. The Balaban J connectivity index is 1.98. The highest BCUT2D eigenvalue weighted by atomic mass is 35.5. The first-order valence-electron chi connectivity index (χ1n) is 6.68. The van der Waals surface area contributed by atoms with E-state index in [1.54, 1.807) is 12.4 Å². The van der Waals surface area contributed by atoms with Crippen LogP contribution >= 0.6 is 11.6 Å². The number of pyridine rings is 2. The smallest absolute Gasteiger partial charge is 0.0704 e. The SMILES string of the molecule is NNC(Cc1ccnc2ccccc12)c1ccncc1Cl. The summed E-state index contributed by atoms with van der Waals surface area (Å²) in [6.45, 7) is 0. The predicted octanol–water partition coefficient (Wildman–Crippen LogP) is 3.03. The van der Waals surface area contributed by atoms with Crippen molar-refractivity contribution >= 4 is 22.5 Å². The maximum atomic E-state index is 6.21. The van der Waals surface area contributed by atoms with E-state index < -0.39 is 0 Å². The van der Waals surface area contributed by atoms with E-state index in [4.69, 9.17) is 17.4 Å². The van der Waals surface area contributed by atoms with Crippen molar-refractivity contribution in [1.29, 1.82) is 0 Å². The number of rotatable bonds is 4. The summed E-state index contributed by atoms with van der Waals surface area (Å²) >= 11 is 6.21. The molecule has 0 aliphatic carbocycles. The fraction of sp³-hybridized carbons (Fsp3) is 0.125. The van der Waals surface area contributed by atoms with Gasteiger partial charge in [0.1, 0.15) is 0 Å². The van der Waals surface area contributed by atoms with Crippen molar-refractivity contribution in [3.63, 3.8) is 0 Å². The van der Waals surface area contributed by atoms with Crippen molar-refractivity contribution in [2.24, 2.45) is 5.84 Å². The average Bonchev–Trinajstić information content (AvgIpc) is 2.53. The molecular weight excluding hydrogens is 284 g/mol. The standard InChI is InChI=1S/C16H15ClN4/c17-14-10-19-7-6-13(14)16(21-18)9-11-5-8-20-15-4-2-1-3-12(11)15/h1-8,10,16,21H,9,18H2. The van der Waals surface area contributed by atoms with Gasteiger partial charge in [-0.2, -0.15) is 0 Å². The number of nitrogens with two attached hydrogens (primary N) is 1. The number of hydrazine groups is 1. The number of nitrogens with zero attached hydrogens (tertiary/aromatic N) is 2. The summed E-state index contributed by atoms with van der Waals surface area (Å²) in [6, 6.07) is 11.9. The third-order valence-corrected chi connectivity index (χ3v) is 3.86. The van der Waals surface area contributed by atoms with Gasteiger partial charge in [-0.05, 0) is 35.7 Å². The second-order valence-corrected chi connectivity index (χ2v) is 5.21. The molecule has 0 fully saturated rings. The first-order chi connectivity index (χ1) is 10.3. The summed E-state index contributed by atoms with van der Waals surface area (Å²) in [6.07, 6.45) is 5.89. The molecule has 0 spiro atoms. The molecule has 3 N–H and O–H groups in total. The molecule has 0 radical (unpaired) electrons. The van der Waals surface area contributed by atoms with Crippen molar-refractivity contribution in [2.45, 2.75) is 12.5 Å². The zero-order valence-electron chi connectivity index (χ0n) is 11.3. The van der Waals surface area contributed by atoms with Gasteiger partial charge in [0.2, 0.25) is 0 Å². The molecule has 0 bridgehead atoms. The normalized spacial score (nSPS) is 12.5. The summed E-state index contributed by atoms with van der Waals surface area (Å²) in [5.41, 5.74) is 5.94. The summed E-state index contributed by atoms with van der Waals surface area (Å²) in [4.78, 5) is 8.39. The summed E-state index contributed by atoms with van der Waals surface area (Å²) in [5.74, 6) is 5.72. The van der Waals surface area contributed by atoms with Gasteiger partial charge in [0.25, 0.3) is 0 Å². The van der Waals surface area contributed by atoms with Crippen LogP contribution in [0.25, 0.3) is 10.9 Å². The van der Waals surface area contributed by atoms with Gasteiger partial charge in [0, 0.05) is 24.0 Å². The molecule has 2 aromatic heterocycles. The Morgan fingerprint density at radius 1 is 1.14 bits per heavy atom. The quantitative estimate of drug-likeness (QED) is 0.574. The van der Waals surface area contributed by atoms with Gasteiger partial charge in [0.05, 0.1) is 16.6 Å². The zero-order chi connectivity index (χ0) is 14.7. The number of halogens is 1. The van der Waals surface area contributed by atoms with E-state index in [0.29, 0.717) is 5.02 Å². The molecule has 2 heterocycles. The van der Waals surface area contributed by atoms with Crippen LogP contribution in [0.1, 0.15) is 17.2 Å². The van der Waals surface area contributed by atoms with Crippen LogP contribution in [0.15, 0.2) is 55.0 Å². The van der Waals surface area contributed by atoms with E-state index in [1.165, 1.54) is 5.56 Å². The van der Waals surface area contributed by atoms with Crippen LogP contribution in [0, 0.1) is 0 Å². The maximum Gasteiger partial charge on any atom is 0.0704 e. The van der Waals surface area contributed by atoms with Crippen molar-refractivity contribution in [2.75, 3.05) is 0 Å². The molecule has 0 aliphatic heterocycles. The van der Waals surface area contributed by atoms with Gasteiger partial charge in [-0.1, -0.05) is 29.8 Å². The van der Waals surface area contributed by atoms with Gasteiger partial charge in [-0.15, -0.1) is 0 Å². The van der Waals surface area contributed by atoms with Crippen LogP contribution in [0.5, 0.6) is 0 Å². The zero-order valence-corrected chi connectivity index (χ0v) is 12.1. The Hall–Kier alpha value is -2.01. The highest BCUT2D eigenvalue weighted by Crippen LogP contribution is 2.26. The molecule has 5 heteroatoms. The van der Waals surface area contributed by atoms with Gasteiger partial charge in [-0.25, -0.2) is 0 Å². The van der Waals surface area contributed by atoms with Gasteiger partial charge >= 0.3 is 0 Å². The number of hydrogen-bond acceptors (Lipinski definition) is 4. The molecule has 1 unspecified atom stereocenters. The van der Waals surface area contributed by atoms with Crippen LogP contribution in [-0.4, -0.2) is 9.97 Å². The number of hydrogen-bond donors (Lipinski definition) is 2. The third kappa shape index (κ3) is 2.88. The number of aromatic nitrogens is 2. The van der Waals surface area contributed by atoms with Crippen LogP contribution in [0.2, 0.25) is 5.02 Å². The fourth-order valence-corrected chi connectivity index (χ4v) is 2.73. The van der Waals surface area contributed by atoms with E-state index >= 15 is 0 Å². The lowest BCUT2D eigenvalue weighted by atomic mass is 9.98. The molecule has 4 nitrogen and oxygen atoms in total. The Kier molecular flexibility index (Phi) is 4.10. The highest BCUT2D eigenvalue weighted by Gasteiger charge is 2.15. The summed E-state index contributed by atoms with van der Waals surface area (Å²) in [5, 5.41) is 1.74. The second kappa shape index (κ2) is 6.18. The van der Waals surface area contributed by atoms with Gasteiger partial charge in [-0.3, -0.25) is 21.2 Å². The van der Waals surface area contributed by atoms with Crippen molar-refractivity contribution < 1.29 is 0 Å². The minimum Gasteiger partial charge on any atom is -0.271 e. The number of fused-ring (bicyclic) bond motifs is 1. The predicted molar refractivity (Wildman–Crippen MR) is 84.8 cm³/mol. The lowest BCUT2D eigenvalue weighted by molar-refractivity contribution is 0.553. The largest absolute Gasteiger partial charge is 0.271 e. The number of para-hydroxylation sites is 1. The first-order valence-corrected chi connectivity index (χ1v) is 7.05. The molecule has 21 heavy (non-hydrogen) atoms. The molecule has 0 saturated heterocycles. The van der Waals surface area contributed by atoms with E-state index in [2.05, 4.69) is 21.5 Å². The van der Waals surface area contributed by atoms with Crippen LogP contribution in [-0.2, 0) is 6.42 Å². The first kappa shape index (κ1) is 13.9. The van der Waals surface area contributed by atoms with Crippen LogP contribution in [0.4, 0.5) is 0 Å². The molecule has 3 rings (SSSR count). The number of benzene rings is 1. The van der Waals surface area contributed by atoms with E-state index in [-0.39, 0.29) is 6.04 Å². The molecule has 3 aromatic rings. The Morgan fingerprint density at radius 3 is 2.81 bits per heavy atom. The lowest BCUT2D eigenvalue weighted by Gasteiger charge is -2.18. The molecule has 0 aliphatic rings. The molecule has 106 valence electrons. The monoisotopic (exact) mass is 298 g/mol. The Labute approximate surface area is 128 Å². The lowest BCUT2D eigenvalue weighted by Crippen LogP contribution is -2.29. The fourth-order valence-electron chi connectivity index (χ4n) is 2.48. The van der Waals surface area contributed by atoms with E-state index in [9.17, 15) is 0 Å². The maximum absolute atomic E-state index is 6.21. The van der Waals surface area contributed by atoms with Crippen LogP contribution < -0.4 is 11.3 Å². The van der Waals surface area contributed by atoms with Crippen molar-refractivity contribution in [3.05, 3.63) is 71.1 Å². The summed E-state index contributed by atoms with van der Waals surface area (Å²) in [7, 11) is 0. The second-order valence-electron chi connectivity index (χ2n) is 4.81. The van der Waals surface area contributed by atoms with Crippen LogP contribution in [0.3, 0.4) is 0 Å². The topological polar surface area (TPSA) is 63.8 Å². The molecule has 1 atom stereocenters. The van der Waals surface area contributed by atoms with Crippen molar-refractivity contribution in [1.82, 2.24) is 15.4 Å². The Bertz CT molecular complexity index is 755. The molecular formula is C16H15ClN4. The van der Waals surface area contributed by atoms with E-state index in [0.717, 1.165) is 22.9 Å².